The number of nitrogens with zero attached hydrogens (tertiary/aromatic N) is 2. The van der Waals surface area contributed by atoms with E-state index in [1.54, 1.807) is 18.9 Å². The Morgan fingerprint density at radius 1 is 0.824 bits per heavy atom. The fraction of sp³-hybridized carbons (Fsp3) is 0.214. The van der Waals surface area contributed by atoms with E-state index >= 15 is 0 Å². The lowest BCUT2D eigenvalue weighted by molar-refractivity contribution is -0.268. The molecule has 4 atom stereocenters. The van der Waals surface area contributed by atoms with Gasteiger partial charge in [-0.3, -0.25) is 9.78 Å². The van der Waals surface area contributed by atoms with Crippen molar-refractivity contribution in [2.75, 3.05) is 12.9 Å². The predicted octanol–water partition coefficient (Wildman–Crippen LogP) is 8.31. The van der Waals surface area contributed by atoms with E-state index in [0.717, 1.165) is 49.5 Å². The van der Waals surface area contributed by atoms with Crippen LogP contribution in [0, 0.1) is 5.92 Å². The summed E-state index contributed by atoms with van der Waals surface area (Å²) in [5.74, 6) is 1.33. The van der Waals surface area contributed by atoms with Crippen LogP contribution >= 0.6 is 11.8 Å². The summed E-state index contributed by atoms with van der Waals surface area (Å²) in [4.78, 5) is 22.8. The molecular weight excluding hydrogens is 659 g/mol. The van der Waals surface area contributed by atoms with Crippen LogP contribution in [-0.2, 0) is 22.6 Å². The van der Waals surface area contributed by atoms with Crippen molar-refractivity contribution in [1.82, 2.24) is 15.3 Å². The number of thioether (sulfide) groups is 1. The number of benzene rings is 5. The van der Waals surface area contributed by atoms with Gasteiger partial charge in [0.2, 0.25) is 0 Å². The van der Waals surface area contributed by atoms with Gasteiger partial charge in [-0.15, -0.1) is 11.8 Å². The average Bonchev–Trinajstić information content (AvgIpc) is 3.19. The maximum atomic E-state index is 12.9. The lowest BCUT2D eigenvalue weighted by Crippen LogP contribution is -2.38. The summed E-state index contributed by atoms with van der Waals surface area (Å²) >= 11 is 1.71. The molecule has 0 saturated carbocycles. The zero-order valence-corrected chi connectivity index (χ0v) is 29.3. The monoisotopic (exact) mass is 697 g/mol. The lowest BCUT2D eigenvalue weighted by atomic mass is 9.91. The van der Waals surface area contributed by atoms with Crippen molar-refractivity contribution in [3.63, 3.8) is 0 Å². The highest BCUT2D eigenvalue weighted by Crippen LogP contribution is 2.44. The number of nitrogens with one attached hydrogen (secondary N) is 1. The van der Waals surface area contributed by atoms with Crippen molar-refractivity contribution >= 4 is 28.7 Å². The molecule has 5 aromatic carbocycles. The molecule has 258 valence electrons. The highest BCUT2D eigenvalue weighted by molar-refractivity contribution is 7.99. The summed E-state index contributed by atoms with van der Waals surface area (Å²) in [7, 11) is 1.69. The molecule has 1 aliphatic heterocycles. The number of amides is 1. The molecule has 4 unspecified atom stereocenters. The number of rotatable bonds is 11. The third-order valence-corrected chi connectivity index (χ3v) is 10.3. The number of methoxy groups -OCH3 is 1. The van der Waals surface area contributed by atoms with Crippen LogP contribution in [0.2, 0.25) is 0 Å². The second-order valence-electron chi connectivity index (χ2n) is 12.5. The molecule has 9 heteroatoms. The fourth-order valence-corrected chi connectivity index (χ4v) is 7.48. The summed E-state index contributed by atoms with van der Waals surface area (Å²) in [5, 5.41) is 12.6. The number of para-hydroxylation sites is 3. The SMILES string of the molecule is COc1ccccc1SCC1OC(c2cccc(-c3cccc(CNC(=O)c4cnc5ccccc5n4)c3)c2)OC(c2ccc(CO)cc2)C1C. The van der Waals surface area contributed by atoms with Crippen molar-refractivity contribution in [2.45, 2.75) is 43.5 Å². The van der Waals surface area contributed by atoms with Crippen LogP contribution in [0.3, 0.4) is 0 Å². The van der Waals surface area contributed by atoms with E-state index in [1.807, 2.05) is 91.0 Å². The van der Waals surface area contributed by atoms with E-state index in [0.29, 0.717) is 17.8 Å². The molecule has 2 N–H and O–H groups in total. The highest BCUT2D eigenvalue weighted by Gasteiger charge is 2.38. The van der Waals surface area contributed by atoms with Crippen molar-refractivity contribution in [3.8, 4) is 16.9 Å². The van der Waals surface area contributed by atoms with Gasteiger partial charge in [0.1, 0.15) is 11.4 Å². The molecule has 0 aliphatic carbocycles. The number of carbonyl (C=O) groups is 1. The molecule has 6 aromatic rings. The van der Waals surface area contributed by atoms with Crippen molar-refractivity contribution in [3.05, 3.63) is 155 Å². The normalized spacial score (nSPS) is 18.7. The molecule has 1 aliphatic rings. The second-order valence-corrected chi connectivity index (χ2v) is 13.6. The van der Waals surface area contributed by atoms with Gasteiger partial charge >= 0.3 is 0 Å². The fourth-order valence-electron chi connectivity index (χ4n) is 6.29. The summed E-state index contributed by atoms with van der Waals surface area (Å²) in [5.41, 5.74) is 7.50. The summed E-state index contributed by atoms with van der Waals surface area (Å²) in [6, 6.07) is 39.8. The van der Waals surface area contributed by atoms with Crippen molar-refractivity contribution in [2.24, 2.45) is 5.92 Å². The number of aromatic nitrogens is 2. The topological polar surface area (TPSA) is 103 Å². The number of aliphatic hydroxyl groups is 1. The summed E-state index contributed by atoms with van der Waals surface area (Å²) in [6.45, 7) is 2.50. The molecule has 51 heavy (non-hydrogen) atoms. The van der Waals surface area contributed by atoms with Crippen LogP contribution in [-0.4, -0.2) is 39.9 Å². The zero-order chi connectivity index (χ0) is 35.2. The molecule has 2 heterocycles. The van der Waals surface area contributed by atoms with Crippen LogP contribution in [0.1, 0.15) is 52.1 Å². The Kier molecular flexibility index (Phi) is 10.7. The van der Waals surface area contributed by atoms with Crippen LogP contribution in [0.4, 0.5) is 0 Å². The van der Waals surface area contributed by atoms with Crippen LogP contribution in [0.25, 0.3) is 22.2 Å². The molecule has 7 rings (SSSR count). The molecule has 1 aromatic heterocycles. The molecule has 0 radical (unpaired) electrons. The highest BCUT2D eigenvalue weighted by atomic mass is 32.2. The Balaban J connectivity index is 1.10. The minimum atomic E-state index is -0.600. The van der Waals surface area contributed by atoms with E-state index in [9.17, 15) is 9.90 Å². The summed E-state index contributed by atoms with van der Waals surface area (Å²) in [6.07, 6.45) is 0.566. The lowest BCUT2D eigenvalue weighted by Gasteiger charge is -2.41. The van der Waals surface area contributed by atoms with Gasteiger partial charge in [0.25, 0.3) is 5.91 Å². The minimum absolute atomic E-state index is 0.00916. The van der Waals surface area contributed by atoms with Crippen LogP contribution in [0.5, 0.6) is 5.75 Å². The zero-order valence-electron chi connectivity index (χ0n) is 28.4. The first kappa shape index (κ1) is 34.4. The first-order valence-corrected chi connectivity index (χ1v) is 17.9. The molecule has 1 fully saturated rings. The van der Waals surface area contributed by atoms with E-state index in [-0.39, 0.29) is 36.3 Å². The number of fused-ring (bicyclic) bond motifs is 1. The van der Waals surface area contributed by atoms with Gasteiger partial charge in [-0.2, -0.15) is 0 Å². The molecule has 8 nitrogen and oxygen atoms in total. The van der Waals surface area contributed by atoms with Crippen molar-refractivity contribution in [1.29, 1.82) is 0 Å². The molecule has 1 amide bonds. The van der Waals surface area contributed by atoms with Gasteiger partial charge in [-0.05, 0) is 64.2 Å². The standard InChI is InChI=1S/C42H39N3O5S/c1-27-38(26-51-39-16-6-5-15-37(39)48-2)49-42(50-40(27)30-19-17-28(25-46)18-20-30)33-12-8-11-32(22-33)31-10-7-9-29(21-31)23-44-41(47)36-24-43-34-13-3-4-14-35(34)45-36/h3-22,24,27,38,40,42,46H,23,25-26H2,1-2H3,(H,44,47). The largest absolute Gasteiger partial charge is 0.496 e. The predicted molar refractivity (Wildman–Crippen MR) is 199 cm³/mol. The Labute approximate surface area is 301 Å². The van der Waals surface area contributed by atoms with Gasteiger partial charge in [0, 0.05) is 28.7 Å². The Morgan fingerprint density at radius 3 is 2.37 bits per heavy atom. The van der Waals surface area contributed by atoms with Gasteiger partial charge < -0.3 is 24.6 Å². The number of carbonyl (C=O) groups excluding carboxylic acids is 1. The number of ether oxygens (including phenoxy) is 3. The van der Waals surface area contributed by atoms with E-state index < -0.39 is 6.29 Å². The second kappa shape index (κ2) is 15.9. The third kappa shape index (κ3) is 7.97. The van der Waals surface area contributed by atoms with Gasteiger partial charge in [-0.25, -0.2) is 4.98 Å². The number of hydrogen-bond acceptors (Lipinski definition) is 8. The van der Waals surface area contributed by atoms with E-state index in [2.05, 4.69) is 52.5 Å². The maximum absolute atomic E-state index is 12.9. The van der Waals surface area contributed by atoms with Gasteiger partial charge in [0.15, 0.2) is 6.29 Å². The van der Waals surface area contributed by atoms with Gasteiger partial charge in [0.05, 0.1) is 43.2 Å². The third-order valence-electron chi connectivity index (χ3n) is 9.15. The molecular formula is C42H39N3O5S. The molecule has 1 saturated heterocycles. The van der Waals surface area contributed by atoms with Crippen molar-refractivity contribution < 1.29 is 24.1 Å². The van der Waals surface area contributed by atoms with Crippen LogP contribution in [0.15, 0.2) is 132 Å². The first-order chi connectivity index (χ1) is 25.0. The average molecular weight is 698 g/mol. The van der Waals surface area contributed by atoms with Crippen LogP contribution < -0.4 is 10.1 Å². The summed E-state index contributed by atoms with van der Waals surface area (Å²) < 4.78 is 19.1. The van der Waals surface area contributed by atoms with E-state index in [4.69, 9.17) is 14.2 Å². The number of aliphatic hydroxyl groups excluding tert-OH is 1. The minimum Gasteiger partial charge on any atom is -0.496 e. The van der Waals surface area contributed by atoms with Gasteiger partial charge in [-0.1, -0.05) is 91.9 Å². The smallest absolute Gasteiger partial charge is 0.271 e. The number of hydrogen-bond donors (Lipinski definition) is 2. The molecule has 0 spiro atoms. The Morgan fingerprint density at radius 2 is 1.57 bits per heavy atom. The Hall–Kier alpha value is -5.06. The maximum Gasteiger partial charge on any atom is 0.271 e. The first-order valence-electron chi connectivity index (χ1n) is 16.9. The van der Waals surface area contributed by atoms with E-state index in [1.165, 1.54) is 6.20 Å². The quantitative estimate of drug-likeness (QED) is 0.130. The molecule has 0 bridgehead atoms. The Bertz CT molecular complexity index is 2120.